The highest BCUT2D eigenvalue weighted by atomic mass is 16.4. The number of rotatable bonds is 3. The van der Waals surface area contributed by atoms with Gasteiger partial charge in [-0.1, -0.05) is 13.0 Å². The molecular formula is C14H22N2O3. The van der Waals surface area contributed by atoms with Gasteiger partial charge in [-0.05, 0) is 25.2 Å². The van der Waals surface area contributed by atoms with Crippen molar-refractivity contribution >= 4 is 11.9 Å². The summed E-state index contributed by atoms with van der Waals surface area (Å²) in [4.78, 5) is 26.9. The molecular weight excluding hydrogens is 244 g/mol. The molecule has 0 aliphatic carbocycles. The summed E-state index contributed by atoms with van der Waals surface area (Å²) in [6, 6.07) is 0. The van der Waals surface area contributed by atoms with E-state index in [4.69, 9.17) is 5.11 Å². The van der Waals surface area contributed by atoms with Crippen LogP contribution in [0.4, 0.5) is 0 Å². The van der Waals surface area contributed by atoms with E-state index >= 15 is 0 Å². The smallest absolute Gasteiger partial charge is 0.332 e. The monoisotopic (exact) mass is 266 g/mol. The first-order chi connectivity index (χ1) is 9.06. The van der Waals surface area contributed by atoms with Gasteiger partial charge in [0.05, 0.1) is 6.54 Å². The number of carbonyl (C=O) groups is 2. The predicted octanol–water partition coefficient (Wildman–Crippen LogP) is 0.962. The number of piperidine rings is 1. The van der Waals surface area contributed by atoms with E-state index in [1.54, 1.807) is 6.08 Å². The molecule has 0 aromatic rings. The molecule has 0 aromatic carbocycles. The minimum Gasteiger partial charge on any atom is -0.478 e. The van der Waals surface area contributed by atoms with Crippen LogP contribution in [0.3, 0.4) is 0 Å². The van der Waals surface area contributed by atoms with E-state index in [1.165, 1.54) is 0 Å². The Morgan fingerprint density at radius 3 is 2.63 bits per heavy atom. The molecule has 0 saturated carbocycles. The number of carboxylic acid groups (broad SMARTS) is 1. The van der Waals surface area contributed by atoms with Crippen molar-refractivity contribution < 1.29 is 14.7 Å². The first-order valence-electron chi connectivity index (χ1n) is 6.98. The molecule has 2 aliphatic rings. The van der Waals surface area contributed by atoms with Gasteiger partial charge in [-0.3, -0.25) is 9.69 Å². The third kappa shape index (κ3) is 3.80. The molecule has 0 atom stereocenters. The van der Waals surface area contributed by atoms with Crippen molar-refractivity contribution in [2.24, 2.45) is 5.92 Å². The van der Waals surface area contributed by atoms with Crippen molar-refractivity contribution in [3.63, 3.8) is 0 Å². The number of aliphatic carboxylic acids is 1. The highest BCUT2D eigenvalue weighted by molar-refractivity contribution is 5.87. The topological polar surface area (TPSA) is 60.9 Å². The number of hydrogen-bond acceptors (Lipinski definition) is 3. The second-order valence-corrected chi connectivity index (χ2v) is 5.60. The molecule has 1 saturated heterocycles. The van der Waals surface area contributed by atoms with Gasteiger partial charge in [0.1, 0.15) is 0 Å². The summed E-state index contributed by atoms with van der Waals surface area (Å²) in [5.41, 5.74) is 0.409. The molecule has 5 heteroatoms. The van der Waals surface area contributed by atoms with Crippen molar-refractivity contribution in [3.8, 4) is 0 Å². The zero-order valence-electron chi connectivity index (χ0n) is 11.5. The third-order valence-electron chi connectivity index (χ3n) is 4.00. The van der Waals surface area contributed by atoms with Crippen LogP contribution in [-0.4, -0.2) is 59.5 Å². The summed E-state index contributed by atoms with van der Waals surface area (Å²) in [5.74, 6) is -0.0249. The minimum absolute atomic E-state index is 0.138. The summed E-state index contributed by atoms with van der Waals surface area (Å²) in [5, 5.41) is 8.98. The Bertz CT molecular complexity index is 384. The highest BCUT2D eigenvalue weighted by Gasteiger charge is 2.24. The predicted molar refractivity (Wildman–Crippen MR) is 71.8 cm³/mol. The lowest BCUT2D eigenvalue weighted by Gasteiger charge is -2.33. The fourth-order valence-corrected chi connectivity index (χ4v) is 2.65. The Balaban J connectivity index is 1.83. The van der Waals surface area contributed by atoms with Crippen molar-refractivity contribution in [2.75, 3.05) is 32.7 Å². The van der Waals surface area contributed by atoms with Gasteiger partial charge >= 0.3 is 5.97 Å². The average molecular weight is 266 g/mol. The number of hydrogen-bond donors (Lipinski definition) is 1. The number of carboxylic acids is 1. The first kappa shape index (κ1) is 14.1. The van der Waals surface area contributed by atoms with E-state index in [2.05, 4.69) is 6.92 Å². The van der Waals surface area contributed by atoms with Crippen LogP contribution >= 0.6 is 0 Å². The van der Waals surface area contributed by atoms with Crippen molar-refractivity contribution in [1.82, 2.24) is 9.80 Å². The van der Waals surface area contributed by atoms with Crippen LogP contribution in [0.25, 0.3) is 0 Å². The normalized spacial score (nSPS) is 22.2. The summed E-state index contributed by atoms with van der Waals surface area (Å²) < 4.78 is 0. The van der Waals surface area contributed by atoms with Crippen LogP contribution in [-0.2, 0) is 9.59 Å². The molecule has 106 valence electrons. The maximum Gasteiger partial charge on any atom is 0.332 e. The molecule has 2 heterocycles. The maximum atomic E-state index is 12.2. The summed E-state index contributed by atoms with van der Waals surface area (Å²) in [7, 11) is 0. The lowest BCUT2D eigenvalue weighted by atomic mass is 9.99. The van der Waals surface area contributed by atoms with Gasteiger partial charge in [0.2, 0.25) is 5.91 Å². The zero-order valence-corrected chi connectivity index (χ0v) is 11.5. The van der Waals surface area contributed by atoms with Gasteiger partial charge in [0.25, 0.3) is 0 Å². The van der Waals surface area contributed by atoms with Crippen LogP contribution in [0.15, 0.2) is 11.6 Å². The molecule has 0 spiro atoms. The largest absolute Gasteiger partial charge is 0.478 e. The van der Waals surface area contributed by atoms with Crippen molar-refractivity contribution in [1.29, 1.82) is 0 Å². The molecule has 19 heavy (non-hydrogen) atoms. The standard InChI is InChI=1S/C14H22N2O3/c1-11-4-7-16(8-5-11)13(17)10-15-6-2-3-12(9-15)14(18)19/h3,11H,2,4-10H2,1H3,(H,18,19). The Morgan fingerprint density at radius 1 is 1.32 bits per heavy atom. The van der Waals surface area contributed by atoms with Crippen LogP contribution < -0.4 is 0 Å². The number of nitrogens with zero attached hydrogens (tertiary/aromatic N) is 2. The minimum atomic E-state index is -0.871. The molecule has 0 aromatic heterocycles. The second kappa shape index (κ2) is 6.19. The number of likely N-dealkylation sites (tertiary alicyclic amines) is 1. The van der Waals surface area contributed by atoms with E-state index < -0.39 is 5.97 Å². The van der Waals surface area contributed by atoms with Gasteiger partial charge in [-0.25, -0.2) is 4.79 Å². The summed E-state index contributed by atoms with van der Waals surface area (Å²) >= 11 is 0. The maximum absolute atomic E-state index is 12.2. The average Bonchev–Trinajstić information content (AvgIpc) is 2.39. The van der Waals surface area contributed by atoms with E-state index in [0.29, 0.717) is 31.0 Å². The molecule has 0 radical (unpaired) electrons. The molecule has 0 unspecified atom stereocenters. The highest BCUT2D eigenvalue weighted by Crippen LogP contribution is 2.17. The molecule has 1 amide bonds. The van der Waals surface area contributed by atoms with Crippen LogP contribution in [0.5, 0.6) is 0 Å². The van der Waals surface area contributed by atoms with E-state index in [1.807, 2.05) is 9.80 Å². The van der Waals surface area contributed by atoms with Crippen LogP contribution in [0.1, 0.15) is 26.2 Å². The fourth-order valence-electron chi connectivity index (χ4n) is 2.65. The van der Waals surface area contributed by atoms with Gasteiger partial charge in [0.15, 0.2) is 0 Å². The van der Waals surface area contributed by atoms with E-state index in [-0.39, 0.29) is 5.91 Å². The van der Waals surface area contributed by atoms with Crippen LogP contribution in [0.2, 0.25) is 0 Å². The fraction of sp³-hybridized carbons (Fsp3) is 0.714. The van der Waals surface area contributed by atoms with Gasteiger partial charge in [0, 0.05) is 31.8 Å². The van der Waals surface area contributed by atoms with Gasteiger partial charge in [-0.2, -0.15) is 0 Å². The van der Waals surface area contributed by atoms with Gasteiger partial charge < -0.3 is 10.0 Å². The Kier molecular flexibility index (Phi) is 4.58. The molecule has 1 N–H and O–H groups in total. The Morgan fingerprint density at radius 2 is 2.00 bits per heavy atom. The first-order valence-corrected chi connectivity index (χ1v) is 6.98. The molecule has 2 rings (SSSR count). The molecule has 2 aliphatic heterocycles. The third-order valence-corrected chi connectivity index (χ3v) is 4.00. The van der Waals surface area contributed by atoms with E-state index in [9.17, 15) is 9.59 Å². The lowest BCUT2D eigenvalue weighted by molar-refractivity contribution is -0.135. The number of carbonyl (C=O) groups excluding carboxylic acids is 1. The quantitative estimate of drug-likeness (QED) is 0.826. The second-order valence-electron chi connectivity index (χ2n) is 5.60. The van der Waals surface area contributed by atoms with E-state index in [0.717, 1.165) is 32.5 Å². The molecule has 1 fully saturated rings. The molecule has 5 nitrogen and oxygen atoms in total. The number of amides is 1. The molecule has 0 bridgehead atoms. The van der Waals surface area contributed by atoms with Crippen molar-refractivity contribution in [3.05, 3.63) is 11.6 Å². The Labute approximate surface area is 113 Å². The zero-order chi connectivity index (χ0) is 13.8. The Hall–Kier alpha value is -1.36. The summed E-state index contributed by atoms with van der Waals surface area (Å²) in [6.45, 7) is 5.40. The lowest BCUT2D eigenvalue weighted by Crippen LogP contribution is -2.45. The SMILES string of the molecule is CC1CCN(C(=O)CN2CCC=C(C(=O)O)C2)CC1. The van der Waals surface area contributed by atoms with Gasteiger partial charge in [-0.15, -0.1) is 0 Å². The summed E-state index contributed by atoms with van der Waals surface area (Å²) in [6.07, 6.45) is 4.62. The van der Waals surface area contributed by atoms with Crippen molar-refractivity contribution in [2.45, 2.75) is 26.2 Å². The van der Waals surface area contributed by atoms with Crippen LogP contribution in [0, 0.1) is 5.92 Å².